The third kappa shape index (κ3) is 3.96. The first-order chi connectivity index (χ1) is 7.93. The van der Waals surface area contributed by atoms with Gasteiger partial charge < -0.3 is 9.80 Å². The number of amides is 1. The van der Waals surface area contributed by atoms with Crippen LogP contribution >= 0.6 is 0 Å². The molecule has 0 aliphatic carbocycles. The van der Waals surface area contributed by atoms with Crippen LogP contribution in [0.3, 0.4) is 0 Å². The molecule has 4 heteroatoms. The van der Waals surface area contributed by atoms with Crippen molar-refractivity contribution in [1.29, 1.82) is 0 Å². The highest BCUT2D eigenvalue weighted by atomic mass is 16.2. The highest BCUT2D eigenvalue weighted by Crippen LogP contribution is 2.21. The Morgan fingerprint density at radius 2 is 1.94 bits per heavy atom. The molecule has 0 N–H and O–H groups in total. The quantitative estimate of drug-likeness (QED) is 0.715. The number of carbonyl (C=O) groups is 1. The summed E-state index contributed by atoms with van der Waals surface area (Å²) in [6, 6.07) is 0.580. The molecule has 4 nitrogen and oxygen atoms in total. The first-order valence-electron chi connectivity index (χ1n) is 6.59. The summed E-state index contributed by atoms with van der Waals surface area (Å²) in [7, 11) is 5.99. The van der Waals surface area contributed by atoms with Crippen molar-refractivity contribution in [2.24, 2.45) is 0 Å². The molecule has 1 aliphatic rings. The lowest BCUT2D eigenvalue weighted by atomic mass is 10.1. The predicted molar refractivity (Wildman–Crippen MR) is 71.1 cm³/mol. The van der Waals surface area contributed by atoms with Crippen LogP contribution in [0.25, 0.3) is 0 Å². The smallest absolute Gasteiger partial charge is 0.239 e. The van der Waals surface area contributed by atoms with Gasteiger partial charge in [0.15, 0.2) is 0 Å². The molecule has 100 valence electrons. The van der Waals surface area contributed by atoms with Crippen LogP contribution < -0.4 is 0 Å². The molecule has 0 aromatic heterocycles. The van der Waals surface area contributed by atoms with E-state index in [0.717, 1.165) is 32.5 Å². The number of likely N-dealkylation sites (tertiary alicyclic amines) is 1. The van der Waals surface area contributed by atoms with Crippen LogP contribution in [-0.2, 0) is 4.79 Å². The van der Waals surface area contributed by atoms with E-state index in [2.05, 4.69) is 23.6 Å². The number of hydrogen-bond donors (Lipinski definition) is 0. The van der Waals surface area contributed by atoms with Crippen molar-refractivity contribution in [1.82, 2.24) is 14.7 Å². The van der Waals surface area contributed by atoms with Gasteiger partial charge in [0.05, 0.1) is 6.04 Å². The van der Waals surface area contributed by atoms with E-state index in [9.17, 15) is 4.79 Å². The molecule has 0 spiro atoms. The number of rotatable bonds is 5. The molecule has 0 radical (unpaired) electrons. The molecule has 1 amide bonds. The van der Waals surface area contributed by atoms with E-state index in [1.807, 2.05) is 26.0 Å². The molecule has 0 saturated carbocycles. The summed E-state index contributed by atoms with van der Waals surface area (Å²) in [6.45, 7) is 7.15. The van der Waals surface area contributed by atoms with Crippen molar-refractivity contribution in [3.63, 3.8) is 0 Å². The molecule has 0 aromatic rings. The van der Waals surface area contributed by atoms with Crippen LogP contribution in [0.4, 0.5) is 0 Å². The fourth-order valence-electron chi connectivity index (χ4n) is 2.39. The normalized spacial score (nSPS) is 21.5. The molecule has 1 atom stereocenters. The van der Waals surface area contributed by atoms with E-state index in [1.165, 1.54) is 0 Å². The summed E-state index contributed by atoms with van der Waals surface area (Å²) in [5, 5.41) is 0. The molecule has 1 unspecified atom stereocenters. The lowest BCUT2D eigenvalue weighted by molar-refractivity contribution is -0.135. The van der Waals surface area contributed by atoms with Gasteiger partial charge in [0.2, 0.25) is 5.91 Å². The second kappa shape index (κ2) is 6.36. The minimum atomic E-state index is 0.113. The maximum Gasteiger partial charge on any atom is 0.239 e. The minimum Gasteiger partial charge on any atom is -0.343 e. The molecular weight excluding hydrogens is 214 g/mol. The topological polar surface area (TPSA) is 26.8 Å². The maximum atomic E-state index is 12.3. The second-order valence-electron chi connectivity index (χ2n) is 5.55. The molecule has 0 aromatic carbocycles. The van der Waals surface area contributed by atoms with Gasteiger partial charge in [0.1, 0.15) is 0 Å². The Kier molecular flexibility index (Phi) is 5.40. The zero-order valence-corrected chi connectivity index (χ0v) is 11.9. The van der Waals surface area contributed by atoms with E-state index in [4.69, 9.17) is 0 Å². The summed E-state index contributed by atoms with van der Waals surface area (Å²) in [4.78, 5) is 18.7. The SMILES string of the molecule is CC(C)N1CCCC1C(=O)N(C)CCN(C)C. The van der Waals surface area contributed by atoms with E-state index in [-0.39, 0.29) is 11.9 Å². The van der Waals surface area contributed by atoms with E-state index in [1.54, 1.807) is 0 Å². The highest BCUT2D eigenvalue weighted by Gasteiger charge is 2.33. The van der Waals surface area contributed by atoms with Crippen molar-refractivity contribution >= 4 is 5.91 Å². The first-order valence-corrected chi connectivity index (χ1v) is 6.59. The number of nitrogens with zero attached hydrogens (tertiary/aromatic N) is 3. The average Bonchev–Trinajstić information content (AvgIpc) is 2.73. The maximum absolute atomic E-state index is 12.3. The van der Waals surface area contributed by atoms with Gasteiger partial charge >= 0.3 is 0 Å². The summed E-state index contributed by atoms with van der Waals surface area (Å²) < 4.78 is 0. The molecule has 0 bridgehead atoms. The van der Waals surface area contributed by atoms with Gasteiger partial charge in [-0.25, -0.2) is 0 Å². The van der Waals surface area contributed by atoms with Gasteiger partial charge in [-0.15, -0.1) is 0 Å². The molecule has 1 rings (SSSR count). The third-order valence-corrected chi connectivity index (χ3v) is 3.50. The Morgan fingerprint density at radius 1 is 1.29 bits per heavy atom. The zero-order valence-electron chi connectivity index (χ0n) is 11.9. The van der Waals surface area contributed by atoms with Crippen LogP contribution in [-0.4, -0.2) is 73.5 Å². The largest absolute Gasteiger partial charge is 0.343 e. The van der Waals surface area contributed by atoms with Crippen molar-refractivity contribution < 1.29 is 4.79 Å². The van der Waals surface area contributed by atoms with Crippen molar-refractivity contribution in [3.05, 3.63) is 0 Å². The minimum absolute atomic E-state index is 0.113. The van der Waals surface area contributed by atoms with E-state index in [0.29, 0.717) is 6.04 Å². The lowest BCUT2D eigenvalue weighted by Crippen LogP contribution is -2.47. The third-order valence-electron chi connectivity index (χ3n) is 3.50. The van der Waals surface area contributed by atoms with Gasteiger partial charge in [0.25, 0.3) is 0 Å². The molecule has 17 heavy (non-hydrogen) atoms. The fraction of sp³-hybridized carbons (Fsp3) is 0.923. The van der Waals surface area contributed by atoms with Crippen LogP contribution in [0.5, 0.6) is 0 Å². The van der Waals surface area contributed by atoms with E-state index < -0.39 is 0 Å². The van der Waals surface area contributed by atoms with Crippen molar-refractivity contribution in [3.8, 4) is 0 Å². The average molecular weight is 241 g/mol. The second-order valence-corrected chi connectivity index (χ2v) is 5.55. The summed E-state index contributed by atoms with van der Waals surface area (Å²) in [5.41, 5.74) is 0. The molecule has 1 aliphatic heterocycles. The molecule has 1 fully saturated rings. The number of hydrogen-bond acceptors (Lipinski definition) is 3. The van der Waals surface area contributed by atoms with Crippen molar-refractivity contribution in [2.75, 3.05) is 40.8 Å². The monoisotopic (exact) mass is 241 g/mol. The van der Waals surface area contributed by atoms with Gasteiger partial charge in [-0.2, -0.15) is 0 Å². The van der Waals surface area contributed by atoms with E-state index >= 15 is 0 Å². The molecule has 1 saturated heterocycles. The number of carbonyl (C=O) groups excluding carboxylic acids is 1. The standard InChI is InChI=1S/C13H27N3O/c1-11(2)16-8-6-7-12(16)13(17)15(5)10-9-14(3)4/h11-12H,6-10H2,1-5H3. The predicted octanol–water partition coefficient (Wildman–Crippen LogP) is 0.879. The number of likely N-dealkylation sites (N-methyl/N-ethyl adjacent to an activating group) is 2. The van der Waals surface area contributed by atoms with Crippen LogP contribution in [0.15, 0.2) is 0 Å². The van der Waals surface area contributed by atoms with Gasteiger partial charge in [0, 0.05) is 26.2 Å². The van der Waals surface area contributed by atoms with Crippen molar-refractivity contribution in [2.45, 2.75) is 38.8 Å². The first kappa shape index (κ1) is 14.5. The Labute approximate surface area is 106 Å². The summed E-state index contributed by atoms with van der Waals surface area (Å²) >= 11 is 0. The molecule has 1 heterocycles. The fourth-order valence-corrected chi connectivity index (χ4v) is 2.39. The Balaban J connectivity index is 2.50. The Hall–Kier alpha value is -0.610. The van der Waals surface area contributed by atoms with Crippen LogP contribution in [0, 0.1) is 0 Å². The van der Waals surface area contributed by atoms with Crippen LogP contribution in [0.2, 0.25) is 0 Å². The Morgan fingerprint density at radius 3 is 2.47 bits per heavy atom. The Bertz CT molecular complexity index is 253. The lowest BCUT2D eigenvalue weighted by Gasteiger charge is -2.31. The summed E-state index contributed by atoms with van der Waals surface area (Å²) in [6.07, 6.45) is 2.17. The van der Waals surface area contributed by atoms with Gasteiger partial charge in [-0.1, -0.05) is 0 Å². The van der Waals surface area contributed by atoms with Crippen LogP contribution in [0.1, 0.15) is 26.7 Å². The zero-order chi connectivity index (χ0) is 13.0. The molecular formula is C13H27N3O. The summed E-state index contributed by atoms with van der Waals surface area (Å²) in [5.74, 6) is 0.290. The van der Waals surface area contributed by atoms with Gasteiger partial charge in [-0.3, -0.25) is 9.69 Å². The highest BCUT2D eigenvalue weighted by molar-refractivity contribution is 5.82. The van der Waals surface area contributed by atoms with Gasteiger partial charge in [-0.05, 0) is 47.3 Å².